The summed E-state index contributed by atoms with van der Waals surface area (Å²) in [7, 11) is 0. The van der Waals surface area contributed by atoms with Gasteiger partial charge in [0.25, 0.3) is 0 Å². The van der Waals surface area contributed by atoms with Gasteiger partial charge in [-0.2, -0.15) is 0 Å². The molecular formula is C15H22IN3O. The Morgan fingerprint density at radius 2 is 2.15 bits per heavy atom. The fraction of sp³-hybridized carbons (Fsp3) is 0.733. The van der Waals surface area contributed by atoms with Gasteiger partial charge in [0.15, 0.2) is 0 Å². The molecule has 0 radical (unpaired) electrons. The Bertz CT molecular complexity index is 506. The summed E-state index contributed by atoms with van der Waals surface area (Å²) >= 11 is 2.36. The molecule has 0 amide bonds. The second kappa shape index (κ2) is 5.75. The molecule has 3 atom stereocenters. The second-order valence-corrected chi connectivity index (χ2v) is 7.11. The van der Waals surface area contributed by atoms with Gasteiger partial charge >= 0.3 is 0 Å². The zero-order chi connectivity index (χ0) is 14.3. The quantitative estimate of drug-likeness (QED) is 0.801. The van der Waals surface area contributed by atoms with Gasteiger partial charge in [0.1, 0.15) is 11.6 Å². The molecule has 110 valence electrons. The number of hydrogen-bond donors (Lipinski definition) is 1. The predicted octanol–water partition coefficient (Wildman–Crippen LogP) is 3.67. The maximum absolute atomic E-state index is 5.97. The molecular weight excluding hydrogens is 365 g/mol. The number of fused-ring (bicyclic) bond motifs is 2. The van der Waals surface area contributed by atoms with Gasteiger partial charge in [0, 0.05) is 12.5 Å². The number of halogens is 1. The van der Waals surface area contributed by atoms with E-state index in [0.29, 0.717) is 24.0 Å². The van der Waals surface area contributed by atoms with Crippen LogP contribution in [0.25, 0.3) is 0 Å². The lowest BCUT2D eigenvalue weighted by molar-refractivity contribution is 0.0998. The van der Waals surface area contributed by atoms with E-state index >= 15 is 0 Å². The summed E-state index contributed by atoms with van der Waals surface area (Å²) in [6, 6.07) is 0. The minimum Gasteiger partial charge on any atom is -0.374 e. The first-order valence-corrected chi connectivity index (χ1v) is 8.64. The molecule has 20 heavy (non-hydrogen) atoms. The van der Waals surface area contributed by atoms with E-state index in [-0.39, 0.29) is 0 Å². The molecule has 0 aromatic carbocycles. The molecule has 3 heterocycles. The summed E-state index contributed by atoms with van der Waals surface area (Å²) < 4.78 is 7.13. The van der Waals surface area contributed by atoms with Crippen molar-refractivity contribution in [1.82, 2.24) is 9.97 Å². The molecule has 4 nitrogen and oxygen atoms in total. The minimum atomic E-state index is 0.342. The number of anilines is 1. The standard InChI is InChI=1S/C15H22IN3O/c1-4-17-15-12(16)13(8(2)3)18-14(19-15)10-7-9-5-6-11(10)20-9/h8-11H,4-7H2,1-3H3,(H,17,18,19). The van der Waals surface area contributed by atoms with Crippen LogP contribution in [0.1, 0.15) is 63.4 Å². The highest BCUT2D eigenvalue weighted by molar-refractivity contribution is 14.1. The molecule has 1 N–H and O–H groups in total. The minimum absolute atomic E-state index is 0.342. The first kappa shape index (κ1) is 14.5. The monoisotopic (exact) mass is 387 g/mol. The van der Waals surface area contributed by atoms with E-state index in [0.717, 1.165) is 40.3 Å². The Morgan fingerprint density at radius 1 is 1.35 bits per heavy atom. The van der Waals surface area contributed by atoms with Crippen molar-refractivity contribution < 1.29 is 4.74 Å². The van der Waals surface area contributed by atoms with E-state index in [4.69, 9.17) is 14.7 Å². The Balaban J connectivity index is 1.98. The van der Waals surface area contributed by atoms with Crippen molar-refractivity contribution in [3.63, 3.8) is 0 Å². The number of ether oxygens (including phenoxy) is 1. The highest BCUT2D eigenvalue weighted by atomic mass is 127. The zero-order valence-corrected chi connectivity index (χ0v) is 14.5. The SMILES string of the molecule is CCNc1nc(C2CC3CCC2O3)nc(C(C)C)c1I. The summed E-state index contributed by atoms with van der Waals surface area (Å²) in [5, 5.41) is 3.38. The highest BCUT2D eigenvalue weighted by Gasteiger charge is 2.43. The first-order chi connectivity index (χ1) is 9.60. The van der Waals surface area contributed by atoms with Crippen LogP contribution in [0, 0.1) is 3.57 Å². The topological polar surface area (TPSA) is 47.0 Å². The van der Waals surface area contributed by atoms with Crippen molar-refractivity contribution in [2.24, 2.45) is 0 Å². The number of rotatable bonds is 4. The van der Waals surface area contributed by atoms with Gasteiger partial charge < -0.3 is 10.1 Å². The molecule has 0 saturated carbocycles. The van der Waals surface area contributed by atoms with Crippen LogP contribution in [0.3, 0.4) is 0 Å². The zero-order valence-electron chi connectivity index (χ0n) is 12.3. The van der Waals surface area contributed by atoms with E-state index in [2.05, 4.69) is 48.7 Å². The lowest BCUT2D eigenvalue weighted by atomic mass is 9.88. The molecule has 2 aliphatic rings. The molecule has 2 aliphatic heterocycles. The lowest BCUT2D eigenvalue weighted by Crippen LogP contribution is -2.20. The Hall–Kier alpha value is -0.430. The predicted molar refractivity (Wildman–Crippen MR) is 88.3 cm³/mol. The van der Waals surface area contributed by atoms with Crippen LogP contribution >= 0.6 is 22.6 Å². The molecule has 2 fully saturated rings. The summed E-state index contributed by atoms with van der Waals surface area (Å²) in [5.41, 5.74) is 1.16. The van der Waals surface area contributed by atoms with Crippen LogP contribution < -0.4 is 5.32 Å². The van der Waals surface area contributed by atoms with Crippen LogP contribution in [0.5, 0.6) is 0 Å². The summed E-state index contributed by atoms with van der Waals surface area (Å²) in [4.78, 5) is 9.67. The van der Waals surface area contributed by atoms with E-state index in [9.17, 15) is 0 Å². The maximum atomic E-state index is 5.97. The van der Waals surface area contributed by atoms with E-state index in [1.807, 2.05) is 0 Å². The molecule has 5 heteroatoms. The fourth-order valence-corrected chi connectivity index (χ4v) is 4.28. The molecule has 3 unspecified atom stereocenters. The van der Waals surface area contributed by atoms with Crippen LogP contribution in [-0.4, -0.2) is 28.7 Å². The third-order valence-electron chi connectivity index (χ3n) is 4.22. The van der Waals surface area contributed by atoms with Crippen molar-refractivity contribution in [1.29, 1.82) is 0 Å². The first-order valence-electron chi connectivity index (χ1n) is 7.56. The molecule has 1 aromatic rings. The highest BCUT2D eigenvalue weighted by Crippen LogP contribution is 2.44. The van der Waals surface area contributed by atoms with Crippen molar-refractivity contribution in [3.05, 3.63) is 15.1 Å². The summed E-state index contributed by atoms with van der Waals surface area (Å²) in [6.07, 6.45) is 4.25. The molecule has 0 aliphatic carbocycles. The fourth-order valence-electron chi connectivity index (χ4n) is 3.22. The Kier molecular flexibility index (Phi) is 4.17. The molecule has 2 saturated heterocycles. The lowest BCUT2D eigenvalue weighted by Gasteiger charge is -2.21. The molecule has 3 rings (SSSR count). The van der Waals surface area contributed by atoms with Crippen molar-refractivity contribution >= 4 is 28.4 Å². The molecule has 2 bridgehead atoms. The van der Waals surface area contributed by atoms with Gasteiger partial charge in [-0.3, -0.25) is 0 Å². The normalized spacial score (nSPS) is 28.4. The van der Waals surface area contributed by atoms with Gasteiger partial charge in [-0.25, -0.2) is 9.97 Å². The van der Waals surface area contributed by atoms with Gasteiger partial charge in [0.05, 0.1) is 21.5 Å². The Morgan fingerprint density at radius 3 is 2.70 bits per heavy atom. The van der Waals surface area contributed by atoms with Crippen molar-refractivity contribution in [3.8, 4) is 0 Å². The van der Waals surface area contributed by atoms with E-state index in [1.54, 1.807) is 0 Å². The number of aromatic nitrogens is 2. The van der Waals surface area contributed by atoms with Crippen molar-refractivity contribution in [2.75, 3.05) is 11.9 Å². The van der Waals surface area contributed by atoms with Gasteiger partial charge in [0.2, 0.25) is 0 Å². The summed E-state index contributed by atoms with van der Waals surface area (Å²) in [6.45, 7) is 7.38. The van der Waals surface area contributed by atoms with Crippen LogP contribution in [-0.2, 0) is 4.74 Å². The van der Waals surface area contributed by atoms with Gasteiger partial charge in [-0.15, -0.1) is 0 Å². The molecule has 1 aromatic heterocycles. The maximum Gasteiger partial charge on any atom is 0.143 e. The van der Waals surface area contributed by atoms with Crippen LogP contribution in [0.2, 0.25) is 0 Å². The Labute approximate surface area is 134 Å². The second-order valence-electron chi connectivity index (χ2n) is 6.03. The number of nitrogens with one attached hydrogen (secondary N) is 1. The molecule has 0 spiro atoms. The van der Waals surface area contributed by atoms with Crippen molar-refractivity contribution in [2.45, 2.75) is 64.1 Å². The van der Waals surface area contributed by atoms with Crippen LogP contribution in [0.4, 0.5) is 5.82 Å². The summed E-state index contributed by atoms with van der Waals surface area (Å²) in [5.74, 6) is 2.78. The third kappa shape index (κ3) is 2.54. The average Bonchev–Trinajstić information content (AvgIpc) is 3.03. The number of hydrogen-bond acceptors (Lipinski definition) is 4. The third-order valence-corrected chi connectivity index (χ3v) is 5.29. The smallest absolute Gasteiger partial charge is 0.143 e. The van der Waals surface area contributed by atoms with Gasteiger partial charge in [-0.05, 0) is 54.7 Å². The largest absolute Gasteiger partial charge is 0.374 e. The van der Waals surface area contributed by atoms with E-state index in [1.165, 1.54) is 6.42 Å². The van der Waals surface area contributed by atoms with E-state index < -0.39 is 0 Å². The van der Waals surface area contributed by atoms with Crippen LogP contribution in [0.15, 0.2) is 0 Å². The average molecular weight is 387 g/mol. The van der Waals surface area contributed by atoms with Gasteiger partial charge in [-0.1, -0.05) is 13.8 Å². The number of nitrogens with zero attached hydrogens (tertiary/aromatic N) is 2.